The molecule has 100 valence electrons. The van der Waals surface area contributed by atoms with Gasteiger partial charge in [0, 0.05) is 31.0 Å². The third-order valence-corrected chi connectivity index (χ3v) is 3.26. The number of aliphatic hydroxyl groups excluding tert-OH is 1. The molecule has 1 aromatic heterocycles. The van der Waals surface area contributed by atoms with Crippen molar-refractivity contribution in [3.63, 3.8) is 0 Å². The van der Waals surface area contributed by atoms with Gasteiger partial charge < -0.3 is 10.0 Å². The van der Waals surface area contributed by atoms with Crippen LogP contribution in [0.25, 0.3) is 0 Å². The van der Waals surface area contributed by atoms with Crippen molar-refractivity contribution >= 4 is 5.91 Å². The third-order valence-electron chi connectivity index (χ3n) is 3.26. The predicted octanol–water partition coefficient (Wildman–Crippen LogP) is 1.30. The molecule has 1 N–H and O–H groups in total. The number of carbonyl (C=O) groups is 1. The van der Waals surface area contributed by atoms with Gasteiger partial charge >= 0.3 is 0 Å². The second-order valence-electron chi connectivity index (χ2n) is 5.56. The van der Waals surface area contributed by atoms with Crippen molar-refractivity contribution in [3.8, 4) is 11.8 Å². The quantitative estimate of drug-likeness (QED) is 0.772. The van der Waals surface area contributed by atoms with Crippen LogP contribution >= 0.6 is 0 Å². The van der Waals surface area contributed by atoms with Crippen LogP contribution in [0.5, 0.6) is 0 Å². The van der Waals surface area contributed by atoms with Crippen molar-refractivity contribution in [3.05, 3.63) is 29.6 Å². The molecule has 0 spiro atoms. The highest BCUT2D eigenvalue weighted by Crippen LogP contribution is 2.29. The summed E-state index contributed by atoms with van der Waals surface area (Å²) in [6.07, 6.45) is 4.18. The molecule has 0 bridgehead atoms. The van der Waals surface area contributed by atoms with E-state index in [2.05, 4.69) is 30.7 Å². The normalized spacial score (nSPS) is 16.9. The van der Waals surface area contributed by atoms with Crippen LogP contribution in [0, 0.1) is 17.3 Å². The Kier molecular flexibility index (Phi) is 3.87. The number of carbonyl (C=O) groups excluding carboxylic acids is 1. The monoisotopic (exact) mass is 258 g/mol. The standard InChI is InChI=1S/C15H18N2O2/c1-15(2)5-6-17(11-15)14(19)13-8-12(4-3-7-18)9-16-10-13/h8-10,18H,5-7,11H2,1-2H3. The highest BCUT2D eigenvalue weighted by Gasteiger charge is 2.32. The van der Waals surface area contributed by atoms with E-state index in [0.717, 1.165) is 19.5 Å². The summed E-state index contributed by atoms with van der Waals surface area (Å²) in [7, 11) is 0. The summed E-state index contributed by atoms with van der Waals surface area (Å²) in [5.41, 5.74) is 1.40. The molecule has 2 rings (SSSR count). The zero-order chi connectivity index (χ0) is 13.9. The molecular weight excluding hydrogens is 240 g/mol. The molecule has 0 aliphatic carbocycles. The Bertz CT molecular complexity index is 541. The number of hydrogen-bond donors (Lipinski definition) is 1. The van der Waals surface area contributed by atoms with Crippen molar-refractivity contribution < 1.29 is 9.90 Å². The Hall–Kier alpha value is -1.86. The van der Waals surface area contributed by atoms with Crippen LogP contribution in [0.15, 0.2) is 18.5 Å². The number of hydrogen-bond acceptors (Lipinski definition) is 3. The molecule has 0 atom stereocenters. The minimum absolute atomic E-state index is 0.00530. The lowest BCUT2D eigenvalue weighted by molar-refractivity contribution is 0.0778. The summed E-state index contributed by atoms with van der Waals surface area (Å²) in [5, 5.41) is 8.67. The molecule has 0 radical (unpaired) electrons. The van der Waals surface area contributed by atoms with E-state index in [-0.39, 0.29) is 17.9 Å². The highest BCUT2D eigenvalue weighted by atomic mass is 16.2. The van der Waals surface area contributed by atoms with Crippen molar-refractivity contribution in [2.75, 3.05) is 19.7 Å². The van der Waals surface area contributed by atoms with Crippen LogP contribution in [0.3, 0.4) is 0 Å². The molecule has 4 nitrogen and oxygen atoms in total. The van der Waals surface area contributed by atoms with Gasteiger partial charge in [-0.25, -0.2) is 0 Å². The Morgan fingerprint density at radius 1 is 1.53 bits per heavy atom. The van der Waals surface area contributed by atoms with Gasteiger partial charge in [-0.1, -0.05) is 25.7 Å². The van der Waals surface area contributed by atoms with Crippen LogP contribution in [-0.2, 0) is 0 Å². The maximum Gasteiger partial charge on any atom is 0.255 e. The van der Waals surface area contributed by atoms with E-state index in [4.69, 9.17) is 5.11 Å². The minimum atomic E-state index is -0.196. The molecular formula is C15H18N2O2. The largest absolute Gasteiger partial charge is 0.384 e. The number of aromatic nitrogens is 1. The van der Waals surface area contributed by atoms with Crippen LogP contribution in [0.1, 0.15) is 36.2 Å². The second kappa shape index (κ2) is 5.41. The fourth-order valence-corrected chi connectivity index (χ4v) is 2.24. The molecule has 1 aliphatic rings. The number of pyridine rings is 1. The molecule has 1 amide bonds. The van der Waals surface area contributed by atoms with Gasteiger partial charge in [0.25, 0.3) is 5.91 Å². The zero-order valence-corrected chi connectivity index (χ0v) is 11.3. The van der Waals surface area contributed by atoms with E-state index < -0.39 is 0 Å². The molecule has 1 fully saturated rings. The van der Waals surface area contributed by atoms with Gasteiger partial charge in [-0.05, 0) is 17.9 Å². The molecule has 4 heteroatoms. The topological polar surface area (TPSA) is 53.4 Å². The van der Waals surface area contributed by atoms with Crippen LogP contribution in [0.4, 0.5) is 0 Å². The lowest BCUT2D eigenvalue weighted by Crippen LogP contribution is -2.30. The maximum absolute atomic E-state index is 12.3. The smallest absolute Gasteiger partial charge is 0.255 e. The van der Waals surface area contributed by atoms with Crippen molar-refractivity contribution in [2.45, 2.75) is 20.3 Å². The van der Waals surface area contributed by atoms with Gasteiger partial charge in [0.1, 0.15) is 6.61 Å². The molecule has 1 saturated heterocycles. The van der Waals surface area contributed by atoms with Gasteiger partial charge in [0.05, 0.1) is 5.56 Å². The Labute approximate surface area is 113 Å². The van der Waals surface area contributed by atoms with Crippen molar-refractivity contribution in [1.29, 1.82) is 0 Å². The van der Waals surface area contributed by atoms with Crippen LogP contribution in [0.2, 0.25) is 0 Å². The van der Waals surface area contributed by atoms with E-state index in [1.54, 1.807) is 18.5 Å². The first-order valence-electron chi connectivity index (χ1n) is 6.36. The van der Waals surface area contributed by atoms with Gasteiger partial charge in [-0.2, -0.15) is 0 Å². The fraction of sp³-hybridized carbons (Fsp3) is 0.467. The van der Waals surface area contributed by atoms with E-state index in [1.807, 2.05) is 4.90 Å². The first-order valence-corrected chi connectivity index (χ1v) is 6.36. The minimum Gasteiger partial charge on any atom is -0.384 e. The number of amides is 1. The SMILES string of the molecule is CC1(C)CCN(C(=O)c2cncc(C#CCO)c2)C1. The Balaban J connectivity index is 2.16. The van der Waals surface area contributed by atoms with Gasteiger partial charge in [0.2, 0.25) is 0 Å². The number of aliphatic hydroxyl groups is 1. The van der Waals surface area contributed by atoms with Gasteiger partial charge in [0.15, 0.2) is 0 Å². The fourth-order valence-electron chi connectivity index (χ4n) is 2.24. The van der Waals surface area contributed by atoms with Crippen LogP contribution in [-0.4, -0.2) is 40.6 Å². The molecule has 0 aromatic carbocycles. The molecule has 1 aromatic rings. The van der Waals surface area contributed by atoms with Gasteiger partial charge in [-0.3, -0.25) is 9.78 Å². The summed E-state index contributed by atoms with van der Waals surface area (Å²) < 4.78 is 0. The average molecular weight is 258 g/mol. The number of rotatable bonds is 1. The zero-order valence-electron chi connectivity index (χ0n) is 11.3. The Morgan fingerprint density at radius 3 is 2.95 bits per heavy atom. The number of likely N-dealkylation sites (tertiary alicyclic amines) is 1. The van der Waals surface area contributed by atoms with Crippen molar-refractivity contribution in [1.82, 2.24) is 9.88 Å². The van der Waals surface area contributed by atoms with E-state index in [1.165, 1.54) is 0 Å². The lowest BCUT2D eigenvalue weighted by Gasteiger charge is -2.19. The third kappa shape index (κ3) is 3.33. The molecule has 0 unspecified atom stereocenters. The van der Waals surface area contributed by atoms with E-state index >= 15 is 0 Å². The van der Waals surface area contributed by atoms with Crippen LogP contribution < -0.4 is 0 Å². The summed E-state index contributed by atoms with van der Waals surface area (Å²) >= 11 is 0. The van der Waals surface area contributed by atoms with Gasteiger partial charge in [-0.15, -0.1) is 0 Å². The van der Waals surface area contributed by atoms with Crippen molar-refractivity contribution in [2.24, 2.45) is 5.41 Å². The summed E-state index contributed by atoms with van der Waals surface area (Å²) in [5.74, 6) is 5.32. The first kappa shape index (κ1) is 13.6. The first-order chi connectivity index (χ1) is 9.02. The molecule has 19 heavy (non-hydrogen) atoms. The Morgan fingerprint density at radius 2 is 2.32 bits per heavy atom. The molecule has 2 heterocycles. The highest BCUT2D eigenvalue weighted by molar-refractivity contribution is 5.94. The summed E-state index contributed by atoms with van der Waals surface area (Å²) in [6.45, 7) is 5.71. The lowest BCUT2D eigenvalue weighted by atomic mass is 9.93. The number of nitrogens with zero attached hydrogens (tertiary/aromatic N) is 2. The average Bonchev–Trinajstić information content (AvgIpc) is 2.76. The maximum atomic E-state index is 12.3. The van der Waals surface area contributed by atoms with E-state index in [9.17, 15) is 4.79 Å². The predicted molar refractivity (Wildman–Crippen MR) is 72.5 cm³/mol. The van der Waals surface area contributed by atoms with E-state index in [0.29, 0.717) is 11.1 Å². The molecule has 1 aliphatic heterocycles. The molecule has 0 saturated carbocycles. The summed E-state index contributed by atoms with van der Waals surface area (Å²) in [6, 6.07) is 1.73. The second-order valence-corrected chi connectivity index (χ2v) is 5.56. The summed E-state index contributed by atoms with van der Waals surface area (Å²) in [4.78, 5) is 18.2.